The van der Waals surface area contributed by atoms with E-state index >= 15 is 0 Å². The van der Waals surface area contributed by atoms with Crippen LogP contribution in [0.2, 0.25) is 0 Å². The number of halogens is 3. The summed E-state index contributed by atoms with van der Waals surface area (Å²) in [6.07, 6.45) is -5.76. The van der Waals surface area contributed by atoms with Gasteiger partial charge in [-0.3, -0.25) is 0 Å². The number of aliphatic hydroxyl groups excluding tert-OH is 2. The number of aliphatic hydroxyl groups is 2. The summed E-state index contributed by atoms with van der Waals surface area (Å²) in [5, 5.41) is 20.1. The highest BCUT2D eigenvalue weighted by Gasteiger charge is 2.42. The van der Waals surface area contributed by atoms with E-state index in [9.17, 15) is 23.4 Å². The van der Waals surface area contributed by atoms with Crippen molar-refractivity contribution in [3.63, 3.8) is 0 Å². The highest BCUT2D eigenvalue weighted by molar-refractivity contribution is 7.99. The van der Waals surface area contributed by atoms with Crippen LogP contribution in [0.4, 0.5) is 13.2 Å². The number of pyridine rings is 1. The van der Waals surface area contributed by atoms with Crippen molar-refractivity contribution < 1.29 is 32.9 Å². The zero-order valence-electron chi connectivity index (χ0n) is 13.3. The minimum atomic E-state index is -4.43. The van der Waals surface area contributed by atoms with E-state index in [0.29, 0.717) is 0 Å². The number of aromatic nitrogens is 1. The molecule has 1 fully saturated rings. The topological polar surface area (TPSA) is 71.8 Å². The smallest absolute Gasteiger partial charge is 0.416 e. The Hall–Kier alpha value is -1.97. The standard InChI is InChI=1S/C17H16F3NO4S/c18-17(19,20)10-4-6-11(7-5-10)24-12-9-26-16(23)14(22)15(12)25-13-3-1-2-8-21-13/h1-8,12,14-16,22-23H,9H2/t12-,14-,15+,16-/m1/s1. The van der Waals surface area contributed by atoms with Crippen molar-refractivity contribution in [2.24, 2.45) is 0 Å². The maximum absolute atomic E-state index is 12.6. The van der Waals surface area contributed by atoms with Crippen LogP contribution in [-0.2, 0) is 6.18 Å². The van der Waals surface area contributed by atoms with Crippen LogP contribution >= 0.6 is 11.8 Å². The third kappa shape index (κ3) is 4.40. The molecule has 0 aliphatic carbocycles. The number of ether oxygens (including phenoxy) is 2. The quantitative estimate of drug-likeness (QED) is 0.841. The Morgan fingerprint density at radius 3 is 2.38 bits per heavy atom. The van der Waals surface area contributed by atoms with Crippen molar-refractivity contribution in [2.45, 2.75) is 29.9 Å². The molecule has 1 aromatic carbocycles. The van der Waals surface area contributed by atoms with E-state index < -0.39 is 35.5 Å². The second-order valence-corrected chi connectivity index (χ2v) is 6.79. The molecule has 2 heterocycles. The molecule has 1 saturated heterocycles. The Kier molecular flexibility index (Phi) is 5.59. The van der Waals surface area contributed by atoms with Crippen LogP contribution in [-0.4, -0.2) is 44.7 Å². The maximum atomic E-state index is 12.6. The van der Waals surface area contributed by atoms with Crippen LogP contribution in [0.5, 0.6) is 11.6 Å². The van der Waals surface area contributed by atoms with Crippen molar-refractivity contribution in [1.29, 1.82) is 0 Å². The van der Waals surface area contributed by atoms with E-state index in [4.69, 9.17) is 9.47 Å². The number of rotatable bonds is 4. The van der Waals surface area contributed by atoms with E-state index in [1.807, 2.05) is 0 Å². The Bertz CT molecular complexity index is 714. The summed E-state index contributed by atoms with van der Waals surface area (Å²) in [6.45, 7) is 0. The van der Waals surface area contributed by atoms with Gasteiger partial charge < -0.3 is 19.7 Å². The number of hydrogen-bond acceptors (Lipinski definition) is 6. The Morgan fingerprint density at radius 1 is 1.04 bits per heavy atom. The average Bonchev–Trinajstić information content (AvgIpc) is 2.62. The summed E-state index contributed by atoms with van der Waals surface area (Å²) in [4.78, 5) is 4.01. The van der Waals surface area contributed by atoms with Crippen LogP contribution in [0, 0.1) is 0 Å². The SMILES string of the molecule is O[C@@H]1[C@@H](Oc2ccccn2)[C@H](Oc2ccc(C(F)(F)F)cc2)CS[C@H]1O. The molecule has 140 valence electrons. The minimum absolute atomic E-state index is 0.210. The lowest BCUT2D eigenvalue weighted by Crippen LogP contribution is -2.54. The van der Waals surface area contributed by atoms with Gasteiger partial charge in [-0.25, -0.2) is 4.98 Å². The van der Waals surface area contributed by atoms with Gasteiger partial charge in [0.1, 0.15) is 23.4 Å². The van der Waals surface area contributed by atoms with Crippen molar-refractivity contribution in [1.82, 2.24) is 4.98 Å². The summed E-state index contributed by atoms with van der Waals surface area (Å²) >= 11 is 1.08. The average molecular weight is 387 g/mol. The van der Waals surface area contributed by atoms with Gasteiger partial charge in [0.15, 0.2) is 6.10 Å². The van der Waals surface area contributed by atoms with Crippen LogP contribution in [0.15, 0.2) is 48.7 Å². The first-order chi connectivity index (χ1) is 12.3. The zero-order chi connectivity index (χ0) is 18.7. The fraction of sp³-hybridized carbons (Fsp3) is 0.353. The van der Waals surface area contributed by atoms with Crippen LogP contribution in [0.1, 0.15) is 5.56 Å². The van der Waals surface area contributed by atoms with Gasteiger partial charge in [0.05, 0.1) is 5.56 Å². The third-order valence-corrected chi connectivity index (χ3v) is 4.93. The first kappa shape index (κ1) is 18.8. The van der Waals surface area contributed by atoms with Gasteiger partial charge in [-0.1, -0.05) is 6.07 Å². The summed E-state index contributed by atoms with van der Waals surface area (Å²) in [5.74, 6) is 0.745. The summed E-state index contributed by atoms with van der Waals surface area (Å²) < 4.78 is 49.3. The Labute approximate surface area is 151 Å². The van der Waals surface area contributed by atoms with Gasteiger partial charge in [-0.15, -0.1) is 11.8 Å². The molecule has 2 aromatic rings. The second-order valence-electron chi connectivity index (χ2n) is 5.64. The molecular formula is C17H16F3NO4S. The predicted molar refractivity (Wildman–Crippen MR) is 89.0 cm³/mol. The largest absolute Gasteiger partial charge is 0.486 e. The lowest BCUT2D eigenvalue weighted by atomic mass is 10.1. The van der Waals surface area contributed by atoms with Crippen molar-refractivity contribution in [3.05, 3.63) is 54.2 Å². The van der Waals surface area contributed by atoms with Gasteiger partial charge in [-0.2, -0.15) is 13.2 Å². The van der Waals surface area contributed by atoms with Crippen LogP contribution in [0.25, 0.3) is 0 Å². The van der Waals surface area contributed by atoms with E-state index in [-0.39, 0.29) is 17.4 Å². The normalized spacial score (nSPS) is 26.3. The van der Waals surface area contributed by atoms with Crippen molar-refractivity contribution in [3.8, 4) is 11.6 Å². The highest BCUT2D eigenvalue weighted by atomic mass is 32.2. The van der Waals surface area contributed by atoms with E-state index in [1.54, 1.807) is 18.2 Å². The fourth-order valence-corrected chi connectivity index (χ4v) is 3.47. The highest BCUT2D eigenvalue weighted by Crippen LogP contribution is 2.33. The predicted octanol–water partition coefficient (Wildman–Crippen LogP) is 2.72. The van der Waals surface area contributed by atoms with E-state index in [1.165, 1.54) is 18.3 Å². The molecule has 0 radical (unpaired) electrons. The number of alkyl halides is 3. The molecule has 2 N–H and O–H groups in total. The van der Waals surface area contributed by atoms with Crippen LogP contribution in [0.3, 0.4) is 0 Å². The molecule has 0 bridgehead atoms. The molecule has 1 aliphatic rings. The van der Waals surface area contributed by atoms with E-state index in [0.717, 1.165) is 23.9 Å². The first-order valence-electron chi connectivity index (χ1n) is 7.74. The Balaban J connectivity index is 1.75. The fourth-order valence-electron chi connectivity index (χ4n) is 2.47. The van der Waals surface area contributed by atoms with E-state index in [2.05, 4.69) is 4.98 Å². The number of nitrogens with zero attached hydrogens (tertiary/aromatic N) is 1. The molecule has 1 aromatic heterocycles. The lowest BCUT2D eigenvalue weighted by Gasteiger charge is -2.37. The molecule has 9 heteroatoms. The molecule has 4 atom stereocenters. The number of thioether (sulfide) groups is 1. The van der Waals surface area contributed by atoms with Gasteiger partial charge in [0.2, 0.25) is 5.88 Å². The zero-order valence-corrected chi connectivity index (χ0v) is 14.2. The molecule has 3 rings (SSSR count). The Morgan fingerprint density at radius 2 is 1.77 bits per heavy atom. The van der Waals surface area contributed by atoms with Gasteiger partial charge in [0, 0.05) is 18.0 Å². The molecule has 0 unspecified atom stereocenters. The van der Waals surface area contributed by atoms with Gasteiger partial charge >= 0.3 is 6.18 Å². The van der Waals surface area contributed by atoms with Crippen molar-refractivity contribution >= 4 is 11.8 Å². The second kappa shape index (κ2) is 7.73. The lowest BCUT2D eigenvalue weighted by molar-refractivity contribution is -0.137. The van der Waals surface area contributed by atoms with Gasteiger partial charge in [0.25, 0.3) is 0 Å². The molecule has 0 spiro atoms. The molecule has 0 amide bonds. The molecule has 1 aliphatic heterocycles. The summed E-state index contributed by atoms with van der Waals surface area (Å²) in [6, 6.07) is 9.26. The minimum Gasteiger partial charge on any atom is -0.486 e. The molecule has 26 heavy (non-hydrogen) atoms. The molecule has 5 nitrogen and oxygen atoms in total. The summed E-state index contributed by atoms with van der Waals surface area (Å²) in [5.41, 5.74) is -1.84. The number of hydrogen-bond donors (Lipinski definition) is 2. The summed E-state index contributed by atoms with van der Waals surface area (Å²) in [7, 11) is 0. The third-order valence-electron chi connectivity index (χ3n) is 3.79. The number of benzene rings is 1. The van der Waals surface area contributed by atoms with Gasteiger partial charge in [-0.05, 0) is 30.3 Å². The molecular weight excluding hydrogens is 371 g/mol. The van der Waals surface area contributed by atoms with Crippen molar-refractivity contribution in [2.75, 3.05) is 5.75 Å². The van der Waals surface area contributed by atoms with Crippen LogP contribution < -0.4 is 9.47 Å². The molecule has 0 saturated carbocycles. The maximum Gasteiger partial charge on any atom is 0.416 e. The monoisotopic (exact) mass is 387 g/mol. The first-order valence-corrected chi connectivity index (χ1v) is 8.79.